The molecule has 1 aromatic heterocycles. The molecule has 1 aliphatic rings. The SMILES string of the molecule is CC(C)(C)c1nc2ccc(NC(=O)C3(N)CC3)cc2s1.Cl. The number of carbonyl (C=O) groups excluding carboxylic acids is 1. The molecule has 3 N–H and O–H groups in total. The molecule has 3 rings (SSSR count). The maximum Gasteiger partial charge on any atom is 0.244 e. The maximum atomic E-state index is 11.9. The highest BCUT2D eigenvalue weighted by atomic mass is 35.5. The zero-order valence-electron chi connectivity index (χ0n) is 12.4. The number of halogens is 1. The Hall–Kier alpha value is -1.17. The van der Waals surface area contributed by atoms with Gasteiger partial charge < -0.3 is 11.1 Å². The van der Waals surface area contributed by atoms with Gasteiger partial charge in [-0.05, 0) is 31.0 Å². The van der Waals surface area contributed by atoms with E-state index < -0.39 is 5.54 Å². The third-order valence-electron chi connectivity index (χ3n) is 3.53. The standard InChI is InChI=1S/C15H19N3OS.ClH/c1-14(2,3)13-18-10-5-4-9(8-11(10)20-13)17-12(19)15(16)6-7-15;/h4-5,8H,6-7,16H2,1-3H3,(H,17,19);1H. The van der Waals surface area contributed by atoms with Gasteiger partial charge in [0.25, 0.3) is 0 Å². The van der Waals surface area contributed by atoms with Crippen molar-refractivity contribution in [2.24, 2.45) is 5.73 Å². The Bertz CT molecular complexity index is 686. The van der Waals surface area contributed by atoms with Gasteiger partial charge in [0.05, 0.1) is 20.8 Å². The molecule has 0 aliphatic heterocycles. The summed E-state index contributed by atoms with van der Waals surface area (Å²) in [4.78, 5) is 16.6. The lowest BCUT2D eigenvalue weighted by molar-refractivity contribution is -0.118. The van der Waals surface area contributed by atoms with Crippen LogP contribution < -0.4 is 11.1 Å². The normalized spacial score (nSPS) is 16.4. The second-order valence-electron chi connectivity index (χ2n) is 6.56. The largest absolute Gasteiger partial charge is 0.324 e. The van der Waals surface area contributed by atoms with Gasteiger partial charge in [0.1, 0.15) is 0 Å². The van der Waals surface area contributed by atoms with E-state index in [9.17, 15) is 4.79 Å². The first-order valence-corrected chi connectivity index (χ1v) is 7.61. The number of nitrogens with zero attached hydrogens (tertiary/aromatic N) is 1. The van der Waals surface area contributed by atoms with E-state index in [0.29, 0.717) is 0 Å². The molecule has 0 spiro atoms. The molecule has 6 heteroatoms. The lowest BCUT2D eigenvalue weighted by Gasteiger charge is -2.13. The molecule has 0 atom stereocenters. The van der Waals surface area contributed by atoms with Gasteiger partial charge in [-0.3, -0.25) is 4.79 Å². The molecule has 1 amide bonds. The van der Waals surface area contributed by atoms with Gasteiger partial charge in [-0.15, -0.1) is 23.7 Å². The summed E-state index contributed by atoms with van der Waals surface area (Å²) in [6, 6.07) is 5.82. The third kappa shape index (κ3) is 3.20. The molecule has 1 aliphatic carbocycles. The first kappa shape index (κ1) is 16.2. The highest BCUT2D eigenvalue weighted by Gasteiger charge is 2.45. The molecule has 1 aromatic carbocycles. The van der Waals surface area contributed by atoms with Gasteiger partial charge in [0.15, 0.2) is 0 Å². The Labute approximate surface area is 134 Å². The first-order chi connectivity index (χ1) is 9.28. The van der Waals surface area contributed by atoms with Crippen LogP contribution in [0.1, 0.15) is 38.6 Å². The lowest BCUT2D eigenvalue weighted by atomic mass is 9.98. The minimum atomic E-state index is -0.640. The van der Waals surface area contributed by atoms with Crippen molar-refractivity contribution in [3.05, 3.63) is 23.2 Å². The van der Waals surface area contributed by atoms with Gasteiger partial charge in [-0.1, -0.05) is 20.8 Å². The van der Waals surface area contributed by atoms with Crippen LogP contribution in [0.25, 0.3) is 10.2 Å². The van der Waals surface area contributed by atoms with E-state index in [-0.39, 0.29) is 23.7 Å². The van der Waals surface area contributed by atoms with E-state index >= 15 is 0 Å². The van der Waals surface area contributed by atoms with Crippen LogP contribution in [0.4, 0.5) is 5.69 Å². The Morgan fingerprint density at radius 2 is 2.05 bits per heavy atom. The van der Waals surface area contributed by atoms with E-state index in [1.807, 2.05) is 18.2 Å². The van der Waals surface area contributed by atoms with Crippen LogP contribution in [0.2, 0.25) is 0 Å². The van der Waals surface area contributed by atoms with E-state index in [1.54, 1.807) is 11.3 Å². The van der Waals surface area contributed by atoms with Gasteiger partial charge >= 0.3 is 0 Å². The predicted octanol–water partition coefficient (Wildman–Crippen LogP) is 3.45. The average Bonchev–Trinajstić information content (AvgIpc) is 2.96. The highest BCUT2D eigenvalue weighted by Crippen LogP contribution is 2.35. The van der Waals surface area contributed by atoms with Gasteiger partial charge in [0, 0.05) is 11.1 Å². The Kier molecular flexibility index (Phi) is 4.04. The van der Waals surface area contributed by atoms with E-state index in [1.165, 1.54) is 0 Å². The van der Waals surface area contributed by atoms with E-state index in [0.717, 1.165) is 33.8 Å². The number of hydrogen-bond acceptors (Lipinski definition) is 4. The quantitative estimate of drug-likeness (QED) is 0.888. The summed E-state index contributed by atoms with van der Waals surface area (Å²) in [7, 11) is 0. The number of nitrogens with one attached hydrogen (secondary N) is 1. The monoisotopic (exact) mass is 325 g/mol. The fraction of sp³-hybridized carbons (Fsp3) is 0.467. The van der Waals surface area contributed by atoms with Crippen molar-refractivity contribution in [1.82, 2.24) is 4.98 Å². The number of rotatable bonds is 2. The number of fused-ring (bicyclic) bond motifs is 1. The van der Waals surface area contributed by atoms with Crippen LogP contribution in [0.5, 0.6) is 0 Å². The fourth-order valence-electron chi connectivity index (χ4n) is 1.94. The van der Waals surface area contributed by atoms with Gasteiger partial charge in [-0.2, -0.15) is 0 Å². The summed E-state index contributed by atoms with van der Waals surface area (Å²) in [5, 5.41) is 4.00. The van der Waals surface area contributed by atoms with Crippen LogP contribution in [-0.4, -0.2) is 16.4 Å². The molecular formula is C15H20ClN3OS. The van der Waals surface area contributed by atoms with E-state index in [2.05, 4.69) is 31.1 Å². The summed E-state index contributed by atoms with van der Waals surface area (Å²) in [6.45, 7) is 6.45. The van der Waals surface area contributed by atoms with Crippen LogP contribution in [-0.2, 0) is 10.2 Å². The van der Waals surface area contributed by atoms with Crippen LogP contribution in [0.3, 0.4) is 0 Å². The number of benzene rings is 1. The number of thiazole rings is 1. The number of nitrogens with two attached hydrogens (primary N) is 1. The molecule has 1 saturated carbocycles. The molecule has 4 nitrogen and oxygen atoms in total. The highest BCUT2D eigenvalue weighted by molar-refractivity contribution is 7.18. The molecule has 0 radical (unpaired) electrons. The third-order valence-corrected chi connectivity index (χ3v) is 4.97. The zero-order valence-corrected chi connectivity index (χ0v) is 14.0. The summed E-state index contributed by atoms with van der Waals surface area (Å²) in [5.41, 5.74) is 7.07. The summed E-state index contributed by atoms with van der Waals surface area (Å²) >= 11 is 1.67. The molecule has 1 fully saturated rings. The summed E-state index contributed by atoms with van der Waals surface area (Å²) in [6.07, 6.45) is 1.55. The lowest BCUT2D eigenvalue weighted by Crippen LogP contribution is -2.37. The van der Waals surface area contributed by atoms with Crippen molar-refractivity contribution >= 4 is 45.6 Å². The summed E-state index contributed by atoms with van der Waals surface area (Å²) in [5.74, 6) is -0.0857. The minimum Gasteiger partial charge on any atom is -0.324 e. The van der Waals surface area contributed by atoms with Crippen molar-refractivity contribution in [2.45, 2.75) is 44.6 Å². The molecule has 21 heavy (non-hydrogen) atoms. The number of amides is 1. The molecule has 0 saturated heterocycles. The topological polar surface area (TPSA) is 68.0 Å². The summed E-state index contributed by atoms with van der Waals surface area (Å²) < 4.78 is 1.09. The van der Waals surface area contributed by atoms with Crippen molar-refractivity contribution in [1.29, 1.82) is 0 Å². The minimum absolute atomic E-state index is 0. The van der Waals surface area contributed by atoms with Gasteiger partial charge in [-0.25, -0.2) is 4.98 Å². The first-order valence-electron chi connectivity index (χ1n) is 6.79. The number of anilines is 1. The van der Waals surface area contributed by atoms with Crippen molar-refractivity contribution < 1.29 is 4.79 Å². The average molecular weight is 326 g/mol. The maximum absolute atomic E-state index is 11.9. The van der Waals surface area contributed by atoms with Crippen LogP contribution in [0.15, 0.2) is 18.2 Å². The Morgan fingerprint density at radius 1 is 1.38 bits per heavy atom. The molecule has 1 heterocycles. The predicted molar refractivity (Wildman–Crippen MR) is 90.4 cm³/mol. The second kappa shape index (κ2) is 5.23. The molecule has 2 aromatic rings. The zero-order chi connectivity index (χ0) is 14.5. The number of aromatic nitrogens is 1. The second-order valence-corrected chi connectivity index (χ2v) is 7.59. The van der Waals surface area contributed by atoms with Crippen molar-refractivity contribution in [2.75, 3.05) is 5.32 Å². The number of carbonyl (C=O) groups is 1. The molecule has 114 valence electrons. The van der Waals surface area contributed by atoms with Crippen LogP contribution in [0, 0.1) is 0 Å². The van der Waals surface area contributed by atoms with Crippen molar-refractivity contribution in [3.63, 3.8) is 0 Å². The van der Waals surface area contributed by atoms with Crippen LogP contribution >= 0.6 is 23.7 Å². The molecular weight excluding hydrogens is 306 g/mol. The Morgan fingerprint density at radius 3 is 2.62 bits per heavy atom. The molecule has 0 bridgehead atoms. The smallest absolute Gasteiger partial charge is 0.244 e. The number of hydrogen-bond donors (Lipinski definition) is 2. The molecule has 0 unspecified atom stereocenters. The fourth-order valence-corrected chi connectivity index (χ4v) is 3.00. The van der Waals surface area contributed by atoms with Gasteiger partial charge in [0.2, 0.25) is 5.91 Å². The Balaban J connectivity index is 0.00000161. The van der Waals surface area contributed by atoms with Crippen molar-refractivity contribution in [3.8, 4) is 0 Å². The van der Waals surface area contributed by atoms with E-state index in [4.69, 9.17) is 5.73 Å².